The Morgan fingerprint density at radius 2 is 0.795 bits per heavy atom. The third-order valence-electron chi connectivity index (χ3n) is 13.0. The Morgan fingerprint density at radius 3 is 1.12 bits per heavy atom. The van der Waals surface area contributed by atoms with Crippen molar-refractivity contribution in [3.05, 3.63) is 107 Å². The minimum atomic E-state index is -0.521. The van der Waals surface area contributed by atoms with Gasteiger partial charge in [-0.05, 0) is 137 Å². The lowest BCUT2D eigenvalue weighted by Gasteiger charge is -2.26. The average Bonchev–Trinajstić information content (AvgIpc) is 4.00. The SMILES string of the molecule is C=CC(=O)OCCCCOC(=O)CCc1ccc(OC(=O)[C@H]2CC[C@H](C(=O)Oc3ccc(OC(=O)[C@H]4CC[C@H](C(=O)Oc5ccc(CCC(=O)OCCCCOC(=O)C=C)cc5)CC4)c4c3SC(=C(C#N)C#N)S4)CC2)cc1. The molecule has 1 heterocycles. The first-order valence-electron chi connectivity index (χ1n) is 25.8. The van der Waals surface area contributed by atoms with Gasteiger partial charge in [-0.15, -0.1) is 0 Å². The van der Waals surface area contributed by atoms with Crippen molar-refractivity contribution < 1.29 is 76.3 Å². The van der Waals surface area contributed by atoms with Gasteiger partial charge in [0.05, 0.1) is 64.1 Å². The molecule has 6 rings (SSSR count). The molecule has 3 aliphatic rings. The Morgan fingerprint density at radius 1 is 0.474 bits per heavy atom. The first-order valence-corrected chi connectivity index (χ1v) is 27.4. The second-order valence-corrected chi connectivity index (χ2v) is 20.8. The van der Waals surface area contributed by atoms with E-state index >= 15 is 0 Å². The first-order chi connectivity index (χ1) is 37.8. The van der Waals surface area contributed by atoms with Gasteiger partial charge < -0.3 is 37.9 Å². The highest BCUT2D eigenvalue weighted by Crippen LogP contribution is 2.59. The Labute approximate surface area is 460 Å². The summed E-state index contributed by atoms with van der Waals surface area (Å²) in [5, 5.41) is 19.4. The van der Waals surface area contributed by atoms with Crippen LogP contribution in [0.2, 0.25) is 0 Å². The van der Waals surface area contributed by atoms with Crippen molar-refractivity contribution in [2.24, 2.45) is 23.7 Å². The fourth-order valence-corrected chi connectivity index (χ4v) is 11.0. The van der Waals surface area contributed by atoms with E-state index < -0.39 is 59.5 Å². The van der Waals surface area contributed by atoms with Crippen LogP contribution in [0.1, 0.15) is 101 Å². The second kappa shape index (κ2) is 30.9. The molecule has 410 valence electrons. The number of thioether (sulfide) groups is 2. The van der Waals surface area contributed by atoms with Crippen molar-refractivity contribution in [3.8, 4) is 35.1 Å². The largest absolute Gasteiger partial charge is 0.466 e. The van der Waals surface area contributed by atoms with Gasteiger partial charge in [0.2, 0.25) is 0 Å². The fourth-order valence-electron chi connectivity index (χ4n) is 8.55. The van der Waals surface area contributed by atoms with Crippen LogP contribution < -0.4 is 18.9 Å². The number of unbranched alkanes of at least 4 members (excludes halogenated alkanes) is 2. The normalized spacial score (nSPS) is 17.3. The number of carbonyl (C=O) groups excluding carboxylic acids is 8. The summed E-state index contributed by atoms with van der Waals surface area (Å²) >= 11 is 2.13. The molecule has 0 amide bonds. The van der Waals surface area contributed by atoms with Gasteiger partial charge in [0.1, 0.15) is 40.7 Å². The van der Waals surface area contributed by atoms with Gasteiger partial charge in [0.25, 0.3) is 0 Å². The van der Waals surface area contributed by atoms with Crippen LogP contribution in [0.3, 0.4) is 0 Å². The summed E-state index contributed by atoms with van der Waals surface area (Å²) in [6.07, 6.45) is 8.62. The smallest absolute Gasteiger partial charge is 0.330 e. The van der Waals surface area contributed by atoms with E-state index in [0.717, 1.165) is 46.8 Å². The van der Waals surface area contributed by atoms with Gasteiger partial charge >= 0.3 is 47.8 Å². The van der Waals surface area contributed by atoms with Crippen LogP contribution in [0.15, 0.2) is 106 Å². The summed E-state index contributed by atoms with van der Waals surface area (Å²) in [5.74, 6) is -4.43. The molecule has 2 aliphatic carbocycles. The van der Waals surface area contributed by atoms with Crippen molar-refractivity contribution in [2.45, 2.75) is 113 Å². The van der Waals surface area contributed by atoms with Crippen LogP contribution in [0.4, 0.5) is 0 Å². The van der Waals surface area contributed by atoms with Gasteiger partial charge in [-0.2, -0.15) is 10.5 Å². The summed E-state index contributed by atoms with van der Waals surface area (Å²) in [5.41, 5.74) is 1.56. The molecule has 0 atom stereocenters. The second-order valence-electron chi connectivity index (χ2n) is 18.5. The molecule has 0 bridgehead atoms. The third-order valence-corrected chi connectivity index (χ3v) is 15.6. The number of aryl methyl sites for hydroxylation is 2. The summed E-state index contributed by atoms with van der Waals surface area (Å²) in [6, 6.07) is 20.5. The molecule has 2 fully saturated rings. The van der Waals surface area contributed by atoms with Crippen LogP contribution in [0, 0.1) is 46.3 Å². The Balaban J connectivity index is 0.922. The minimum Gasteiger partial charge on any atom is -0.466 e. The fraction of sp³-hybridized carbons (Fsp3) is 0.414. The zero-order valence-corrected chi connectivity index (χ0v) is 44.7. The number of ether oxygens (including phenoxy) is 8. The molecule has 0 saturated heterocycles. The Hall–Kier alpha value is -7.68. The number of benzene rings is 3. The molecular weight excluding hydrogens is 1040 g/mol. The monoisotopic (exact) mass is 1100 g/mol. The Kier molecular flexibility index (Phi) is 23.6. The highest BCUT2D eigenvalue weighted by atomic mass is 32.2. The highest BCUT2D eigenvalue weighted by molar-refractivity contribution is 8.24. The lowest BCUT2D eigenvalue weighted by atomic mass is 9.82. The number of nitrogens with zero attached hydrogens (tertiary/aromatic N) is 2. The van der Waals surface area contributed by atoms with Crippen LogP contribution in [-0.2, 0) is 70.1 Å². The number of hydrogen-bond acceptors (Lipinski definition) is 20. The predicted octanol–water partition coefficient (Wildman–Crippen LogP) is 9.75. The van der Waals surface area contributed by atoms with E-state index in [9.17, 15) is 48.9 Å². The number of hydrogen-bond donors (Lipinski definition) is 0. The molecule has 1 aliphatic heterocycles. The molecule has 3 aromatic carbocycles. The van der Waals surface area contributed by atoms with Crippen LogP contribution in [-0.4, -0.2) is 74.2 Å². The number of carbonyl (C=O) groups is 8. The molecule has 3 aromatic rings. The lowest BCUT2D eigenvalue weighted by molar-refractivity contribution is -0.145. The quantitative estimate of drug-likeness (QED) is 0.0181. The summed E-state index contributed by atoms with van der Waals surface area (Å²) in [7, 11) is 0. The lowest BCUT2D eigenvalue weighted by Crippen LogP contribution is -2.30. The zero-order chi connectivity index (χ0) is 55.8. The number of esters is 8. The van der Waals surface area contributed by atoms with Crippen LogP contribution >= 0.6 is 23.5 Å². The molecule has 20 heteroatoms. The molecule has 78 heavy (non-hydrogen) atoms. The predicted molar refractivity (Wildman–Crippen MR) is 282 cm³/mol. The molecule has 18 nitrogen and oxygen atoms in total. The topological polar surface area (TPSA) is 258 Å². The summed E-state index contributed by atoms with van der Waals surface area (Å²) in [6.45, 7) is 7.55. The van der Waals surface area contributed by atoms with Crippen molar-refractivity contribution in [1.29, 1.82) is 10.5 Å². The van der Waals surface area contributed by atoms with E-state index in [1.54, 1.807) is 48.5 Å². The van der Waals surface area contributed by atoms with Gasteiger partial charge in [-0.1, -0.05) is 60.9 Å². The Bertz CT molecular complexity index is 2610. The number of allylic oxidation sites excluding steroid dienone is 1. The van der Waals surface area contributed by atoms with Crippen molar-refractivity contribution >= 4 is 71.3 Å². The van der Waals surface area contributed by atoms with Crippen LogP contribution in [0.5, 0.6) is 23.0 Å². The number of rotatable bonds is 26. The maximum atomic E-state index is 13.6. The molecular formula is C58H60N2O16S2. The van der Waals surface area contributed by atoms with E-state index in [-0.39, 0.29) is 68.3 Å². The molecule has 0 radical (unpaired) electrons. The third kappa shape index (κ3) is 18.5. The first kappa shape index (κ1) is 59.6. The van der Waals surface area contributed by atoms with Gasteiger partial charge in [0, 0.05) is 25.0 Å². The van der Waals surface area contributed by atoms with Crippen molar-refractivity contribution in [3.63, 3.8) is 0 Å². The van der Waals surface area contributed by atoms with Gasteiger partial charge in [-0.25, -0.2) is 9.59 Å². The van der Waals surface area contributed by atoms with E-state index in [1.165, 1.54) is 12.1 Å². The van der Waals surface area contributed by atoms with E-state index in [1.807, 2.05) is 12.1 Å². The average molecular weight is 1110 g/mol. The van der Waals surface area contributed by atoms with Crippen LogP contribution in [0.25, 0.3) is 0 Å². The minimum absolute atomic E-state index is 0.153. The van der Waals surface area contributed by atoms with Crippen molar-refractivity contribution in [1.82, 2.24) is 0 Å². The van der Waals surface area contributed by atoms with E-state index in [0.29, 0.717) is 115 Å². The summed E-state index contributed by atoms with van der Waals surface area (Å²) < 4.78 is 43.8. The molecule has 2 saturated carbocycles. The van der Waals surface area contributed by atoms with E-state index in [4.69, 9.17) is 37.9 Å². The van der Waals surface area contributed by atoms with Gasteiger partial charge in [-0.3, -0.25) is 28.8 Å². The highest BCUT2D eigenvalue weighted by Gasteiger charge is 2.37. The molecule has 0 spiro atoms. The van der Waals surface area contributed by atoms with Gasteiger partial charge in [0.15, 0.2) is 0 Å². The zero-order valence-electron chi connectivity index (χ0n) is 43.0. The molecule has 0 N–H and O–H groups in total. The van der Waals surface area contributed by atoms with E-state index in [2.05, 4.69) is 13.2 Å². The molecule has 0 unspecified atom stereocenters. The maximum absolute atomic E-state index is 13.6. The standard InChI is InChI=1S/C58H60N2O16S2/c1-3-48(61)69-31-5-7-33-71-50(63)29-13-37-9-23-44(24-10-37)73-54(65)39-15-19-41(20-16-39)56(67)75-46-27-28-47(53-52(46)77-58(78-53)43(35-59)36-60)76-57(68)42-21-17-40(18-22-42)55(66)74-45-25-11-38(12-26-45)14-30-51(64)72-34-8-6-32-70-49(62)4-2/h3-4,9-12,23-28,39-42H,1-2,5-8,13-22,29-34H2/t39-,40-,41-,42-. The number of nitriles is 2. The molecule has 0 aromatic heterocycles. The number of fused-ring (bicyclic) bond motifs is 1. The van der Waals surface area contributed by atoms with Crippen molar-refractivity contribution in [2.75, 3.05) is 26.4 Å². The maximum Gasteiger partial charge on any atom is 0.330 e. The summed E-state index contributed by atoms with van der Waals surface area (Å²) in [4.78, 5) is 101.